The van der Waals surface area contributed by atoms with E-state index in [0.29, 0.717) is 30.8 Å². The molecule has 2 aliphatic heterocycles. The maximum Gasteiger partial charge on any atom is 0.352 e. The van der Waals surface area contributed by atoms with Gasteiger partial charge in [0, 0.05) is 17.9 Å². The second-order valence-electron chi connectivity index (χ2n) is 8.37. The molecule has 13 heteroatoms. The molecule has 2 atom stereocenters. The van der Waals surface area contributed by atoms with E-state index in [4.69, 9.17) is 17.3 Å². The number of aliphatic carboxylic acids is 1. The topological polar surface area (TPSA) is 130 Å². The zero-order valence-electron chi connectivity index (χ0n) is 19.5. The third kappa shape index (κ3) is 5.16. The Kier molecular flexibility index (Phi) is 7.98. The minimum absolute atomic E-state index is 0.0647. The third-order valence-electron chi connectivity index (χ3n) is 5.99. The van der Waals surface area contributed by atoms with Crippen molar-refractivity contribution in [2.75, 3.05) is 5.75 Å². The molecule has 1 unspecified atom stereocenters. The average Bonchev–Trinajstić information content (AvgIpc) is 3.28. The number of amides is 2. The van der Waals surface area contributed by atoms with E-state index in [1.807, 2.05) is 30.3 Å². The molecule has 2 amide bonds. The first kappa shape index (κ1) is 27.0. The zero-order valence-corrected chi connectivity index (χ0v) is 23.5. The highest BCUT2D eigenvalue weighted by molar-refractivity contribution is 8.04. The Morgan fingerprint density at radius 2 is 2.00 bits per heavy atom. The third-order valence-corrected chi connectivity index (χ3v) is 11.0. The number of hydrogen-bond donors (Lipinski definition) is 3. The van der Waals surface area contributed by atoms with Gasteiger partial charge in [0.05, 0.1) is 24.4 Å². The fourth-order valence-electron chi connectivity index (χ4n) is 4.21. The van der Waals surface area contributed by atoms with Gasteiger partial charge in [0.25, 0.3) is 5.91 Å². The van der Waals surface area contributed by atoms with Gasteiger partial charge in [-0.05, 0) is 28.7 Å². The van der Waals surface area contributed by atoms with E-state index in [1.165, 1.54) is 51.1 Å². The van der Waals surface area contributed by atoms with Gasteiger partial charge in [0.15, 0.2) is 5.43 Å². The summed E-state index contributed by atoms with van der Waals surface area (Å²) in [5.41, 5.74) is 7.36. The number of thiophene rings is 1. The molecule has 3 aromatic rings. The summed E-state index contributed by atoms with van der Waals surface area (Å²) in [5, 5.41) is 14.4. The first-order valence-corrected chi connectivity index (χ1v) is 15.2. The summed E-state index contributed by atoms with van der Waals surface area (Å²) in [6, 6.07) is 10.0. The van der Waals surface area contributed by atoms with Crippen LogP contribution in [-0.2, 0) is 27.3 Å². The van der Waals surface area contributed by atoms with E-state index in [-0.39, 0.29) is 30.0 Å². The molecule has 1 saturated heterocycles. The number of fused-ring (bicyclic) bond motifs is 2. The van der Waals surface area contributed by atoms with Crippen molar-refractivity contribution < 1.29 is 19.5 Å². The zero-order chi connectivity index (χ0) is 27.0. The number of carbonyl (C=O) groups excluding carboxylic acids is 2. The molecule has 38 heavy (non-hydrogen) atoms. The molecule has 5 rings (SSSR count). The number of carboxylic acids is 1. The van der Waals surface area contributed by atoms with E-state index < -0.39 is 23.3 Å². The molecular formula is C25H20ClN3O5S4. The van der Waals surface area contributed by atoms with Gasteiger partial charge in [0.2, 0.25) is 5.91 Å². The van der Waals surface area contributed by atoms with Crippen LogP contribution in [0.1, 0.15) is 11.1 Å². The smallest absolute Gasteiger partial charge is 0.352 e. The number of β-lactam (4-membered cyclic amide) rings is 1. The van der Waals surface area contributed by atoms with Crippen LogP contribution in [0.5, 0.6) is 0 Å². The Balaban J connectivity index is 1.32. The molecular weight excluding hydrogens is 586 g/mol. The number of thioether (sulfide) groups is 2. The first-order valence-electron chi connectivity index (χ1n) is 11.3. The summed E-state index contributed by atoms with van der Waals surface area (Å²) in [4.78, 5) is 51.6. The van der Waals surface area contributed by atoms with Crippen LogP contribution in [-0.4, -0.2) is 45.0 Å². The van der Waals surface area contributed by atoms with E-state index in [2.05, 4.69) is 5.32 Å². The van der Waals surface area contributed by atoms with Crippen LogP contribution in [0.25, 0.3) is 9.40 Å². The molecule has 2 aliphatic rings. The van der Waals surface area contributed by atoms with Crippen molar-refractivity contribution in [1.82, 2.24) is 10.2 Å². The van der Waals surface area contributed by atoms with Crippen molar-refractivity contribution in [2.24, 2.45) is 5.73 Å². The van der Waals surface area contributed by atoms with Gasteiger partial charge in [-0.1, -0.05) is 53.7 Å². The number of nitrogens with one attached hydrogen (secondary N) is 1. The average molecular weight is 606 g/mol. The Labute approximate surface area is 238 Å². The summed E-state index contributed by atoms with van der Waals surface area (Å²) in [7, 11) is 0. The van der Waals surface area contributed by atoms with Crippen molar-refractivity contribution in [1.29, 1.82) is 0 Å². The second-order valence-corrected chi connectivity index (χ2v) is 13.6. The highest BCUT2D eigenvalue weighted by atomic mass is 35.5. The van der Waals surface area contributed by atoms with E-state index in [0.717, 1.165) is 9.58 Å². The first-order chi connectivity index (χ1) is 18.3. The van der Waals surface area contributed by atoms with Crippen LogP contribution in [0.2, 0.25) is 4.34 Å². The lowest BCUT2D eigenvalue weighted by Gasteiger charge is -2.49. The number of hydrogen-bond acceptors (Lipinski definition) is 9. The van der Waals surface area contributed by atoms with Crippen LogP contribution >= 0.6 is 57.8 Å². The van der Waals surface area contributed by atoms with Gasteiger partial charge < -0.3 is 16.2 Å². The van der Waals surface area contributed by atoms with Crippen molar-refractivity contribution in [2.45, 2.75) is 28.6 Å². The summed E-state index contributed by atoms with van der Waals surface area (Å²) in [6.07, 6.45) is 1.78. The number of nitrogens with two attached hydrogens (primary N) is 1. The predicted molar refractivity (Wildman–Crippen MR) is 154 cm³/mol. The molecule has 4 N–H and O–H groups in total. The molecule has 0 spiro atoms. The highest BCUT2D eigenvalue weighted by Gasteiger charge is 2.53. The van der Waals surface area contributed by atoms with Gasteiger partial charge >= 0.3 is 5.97 Å². The van der Waals surface area contributed by atoms with Gasteiger partial charge in [-0.15, -0.1) is 34.4 Å². The molecule has 0 bridgehead atoms. The van der Waals surface area contributed by atoms with Gasteiger partial charge in [-0.3, -0.25) is 19.3 Å². The molecule has 1 fully saturated rings. The molecule has 196 valence electrons. The molecule has 2 aromatic heterocycles. The number of carbonyl (C=O) groups is 3. The maximum atomic E-state index is 12.9. The minimum Gasteiger partial charge on any atom is -0.477 e. The SMILES string of the molecule is NCc1c(SC=CC2=C(C(=O)O)N3C(=O)C(NC(=O)Cc4ccccc4)[C@@H]3SC2)sc2sc(Cl)cc2c1=O. The monoisotopic (exact) mass is 605 g/mol. The number of rotatable bonds is 8. The minimum atomic E-state index is -1.22. The Bertz CT molecular complexity index is 1570. The Morgan fingerprint density at radius 1 is 1.24 bits per heavy atom. The van der Waals surface area contributed by atoms with Crippen molar-refractivity contribution >= 4 is 85.0 Å². The van der Waals surface area contributed by atoms with Crippen LogP contribution in [0.3, 0.4) is 0 Å². The molecule has 8 nitrogen and oxygen atoms in total. The second kappa shape index (κ2) is 11.2. The van der Waals surface area contributed by atoms with Crippen LogP contribution in [0, 0.1) is 0 Å². The van der Waals surface area contributed by atoms with Crippen molar-refractivity contribution in [3.8, 4) is 0 Å². The lowest BCUT2D eigenvalue weighted by Crippen LogP contribution is -2.70. The van der Waals surface area contributed by atoms with Crippen molar-refractivity contribution in [3.05, 3.63) is 84.8 Å². The van der Waals surface area contributed by atoms with E-state index in [9.17, 15) is 24.3 Å². The quantitative estimate of drug-likeness (QED) is 0.259. The fraction of sp³-hybridized carbons (Fsp3) is 0.200. The molecule has 0 aliphatic carbocycles. The van der Waals surface area contributed by atoms with Gasteiger partial charge in [-0.2, -0.15) is 0 Å². The summed E-state index contributed by atoms with van der Waals surface area (Å²) in [6.45, 7) is 0.0647. The van der Waals surface area contributed by atoms with Gasteiger partial charge in [0.1, 0.15) is 17.1 Å². The molecule has 0 radical (unpaired) electrons. The maximum absolute atomic E-state index is 12.9. The summed E-state index contributed by atoms with van der Waals surface area (Å²) in [5.74, 6) is -1.62. The number of benzene rings is 1. The normalized spacial score (nSPS) is 19.1. The van der Waals surface area contributed by atoms with E-state index in [1.54, 1.807) is 17.6 Å². The standard InChI is InChI=1S/C25H20ClN3O5S4/c26-16-9-14-20(31)15(10-27)24(38-25(14)37-16)35-7-6-13-11-36-22-18(21(32)29(22)19(13)23(33)34)28-17(30)8-12-4-2-1-3-5-12/h1-7,9,18,22H,8,10-11,27H2,(H,28,30)(H,33,34)/t18?,22-/m0/s1. The summed E-state index contributed by atoms with van der Waals surface area (Å²) < 4.78 is 2.02. The lowest BCUT2D eigenvalue weighted by molar-refractivity contribution is -0.150. The largest absolute Gasteiger partial charge is 0.477 e. The molecule has 4 heterocycles. The van der Waals surface area contributed by atoms with Crippen LogP contribution < -0.4 is 16.5 Å². The fourth-order valence-corrected chi connectivity index (χ4v) is 9.48. The van der Waals surface area contributed by atoms with Gasteiger partial charge in [-0.25, -0.2) is 4.79 Å². The summed E-state index contributed by atoms with van der Waals surface area (Å²) >= 11 is 11.5. The van der Waals surface area contributed by atoms with E-state index >= 15 is 0 Å². The lowest BCUT2D eigenvalue weighted by atomic mass is 10.0. The van der Waals surface area contributed by atoms with Crippen LogP contribution in [0.4, 0.5) is 0 Å². The number of allylic oxidation sites excluding steroid dienone is 1. The number of carboxylic acid groups (broad SMARTS) is 1. The number of halogens is 1. The van der Waals surface area contributed by atoms with Crippen LogP contribution in [0.15, 0.2) is 68.2 Å². The predicted octanol–water partition coefficient (Wildman–Crippen LogP) is 4.02. The molecule has 0 saturated carbocycles. The Morgan fingerprint density at radius 3 is 2.71 bits per heavy atom. The molecule has 1 aromatic carbocycles. The number of nitrogens with zero attached hydrogens (tertiary/aromatic N) is 1. The highest BCUT2D eigenvalue weighted by Crippen LogP contribution is 2.42. The van der Waals surface area contributed by atoms with Crippen molar-refractivity contribution in [3.63, 3.8) is 0 Å². The Hall–Kier alpha value is -2.61.